The van der Waals surface area contributed by atoms with Crippen LogP contribution in [-0.4, -0.2) is 30.0 Å². The maximum Gasteiger partial charge on any atom is 0.300 e. The Morgan fingerprint density at radius 1 is 0.909 bits per heavy atom. The first-order valence-corrected chi connectivity index (χ1v) is 10.7. The van der Waals surface area contributed by atoms with Gasteiger partial charge < -0.3 is 19.0 Å². The highest BCUT2D eigenvalue weighted by Crippen LogP contribution is 2.44. The van der Waals surface area contributed by atoms with E-state index >= 15 is 0 Å². The molecule has 33 heavy (non-hydrogen) atoms. The number of rotatable bonds is 3. The summed E-state index contributed by atoms with van der Waals surface area (Å²) in [6.07, 6.45) is 0. The number of ether oxygens (including phenoxy) is 2. The minimum absolute atomic E-state index is 0.0377. The van der Waals surface area contributed by atoms with Gasteiger partial charge >= 0.3 is 0 Å². The maximum atomic E-state index is 13.2. The van der Waals surface area contributed by atoms with Gasteiger partial charge in [0.25, 0.3) is 11.7 Å². The molecule has 0 bridgehead atoms. The molecule has 2 aromatic carbocycles. The first-order chi connectivity index (χ1) is 15.8. The van der Waals surface area contributed by atoms with Crippen LogP contribution in [0.5, 0.6) is 11.5 Å². The molecule has 0 aliphatic carbocycles. The second-order valence-corrected chi connectivity index (χ2v) is 8.24. The van der Waals surface area contributed by atoms with Crippen molar-refractivity contribution < 1.29 is 28.6 Å². The Morgan fingerprint density at radius 2 is 1.67 bits per heavy atom. The van der Waals surface area contributed by atoms with Crippen LogP contribution in [0.3, 0.4) is 0 Å². The molecule has 2 aliphatic rings. The van der Waals surface area contributed by atoms with Crippen LogP contribution in [0.25, 0.3) is 5.76 Å². The number of carbonyl (C=O) groups is 2. The van der Waals surface area contributed by atoms with Crippen LogP contribution in [0, 0.1) is 20.8 Å². The third-order valence-corrected chi connectivity index (χ3v) is 6.06. The van der Waals surface area contributed by atoms with Crippen molar-refractivity contribution in [3.05, 3.63) is 82.3 Å². The molecule has 5 rings (SSSR count). The number of ketones is 1. The number of hydrogen-bond donors (Lipinski definition) is 1. The summed E-state index contributed by atoms with van der Waals surface area (Å²) in [6.45, 7) is 6.53. The third-order valence-electron chi connectivity index (χ3n) is 6.06. The van der Waals surface area contributed by atoms with Crippen molar-refractivity contribution in [3.8, 4) is 11.5 Å². The first-order valence-electron chi connectivity index (χ1n) is 10.7. The Bertz CT molecular complexity index is 1320. The quantitative estimate of drug-likeness (QED) is 0.360. The smallest absolute Gasteiger partial charge is 0.300 e. The van der Waals surface area contributed by atoms with Gasteiger partial charge in [0.05, 0.1) is 5.57 Å². The zero-order chi connectivity index (χ0) is 23.3. The molecular formula is C26H23NO6. The van der Waals surface area contributed by atoms with Crippen molar-refractivity contribution in [1.82, 2.24) is 0 Å². The zero-order valence-electron chi connectivity index (χ0n) is 18.5. The van der Waals surface area contributed by atoms with Crippen LogP contribution in [0.15, 0.2) is 58.5 Å². The van der Waals surface area contributed by atoms with Crippen LogP contribution in [0.2, 0.25) is 0 Å². The Kier molecular flexibility index (Phi) is 4.96. The predicted molar refractivity (Wildman–Crippen MR) is 122 cm³/mol. The zero-order valence-corrected chi connectivity index (χ0v) is 18.5. The van der Waals surface area contributed by atoms with E-state index in [0.29, 0.717) is 47.5 Å². The lowest BCUT2D eigenvalue weighted by atomic mass is 9.98. The summed E-state index contributed by atoms with van der Waals surface area (Å²) in [5.41, 5.74) is 2.92. The van der Waals surface area contributed by atoms with E-state index in [-0.39, 0.29) is 11.3 Å². The van der Waals surface area contributed by atoms with E-state index in [9.17, 15) is 14.7 Å². The first kappa shape index (κ1) is 20.9. The maximum absolute atomic E-state index is 13.2. The largest absolute Gasteiger partial charge is 0.507 e. The number of aliphatic hydroxyl groups is 1. The lowest BCUT2D eigenvalue weighted by Crippen LogP contribution is -2.29. The Labute approximate surface area is 190 Å². The predicted octanol–water partition coefficient (Wildman–Crippen LogP) is 4.60. The molecule has 1 N–H and O–H groups in total. The van der Waals surface area contributed by atoms with Gasteiger partial charge in [0, 0.05) is 11.3 Å². The summed E-state index contributed by atoms with van der Waals surface area (Å²) in [6, 6.07) is 13.0. The fraction of sp³-hybridized carbons (Fsp3) is 0.231. The summed E-state index contributed by atoms with van der Waals surface area (Å²) in [7, 11) is 0. The van der Waals surface area contributed by atoms with Gasteiger partial charge in [-0.3, -0.25) is 14.5 Å². The number of amides is 1. The molecule has 7 heteroatoms. The molecule has 1 aromatic heterocycles. The molecule has 1 amide bonds. The Morgan fingerprint density at radius 3 is 2.36 bits per heavy atom. The summed E-state index contributed by atoms with van der Waals surface area (Å²) in [5, 5.41) is 11.3. The van der Waals surface area contributed by atoms with E-state index < -0.39 is 17.7 Å². The van der Waals surface area contributed by atoms with Gasteiger partial charge in [-0.05, 0) is 74.4 Å². The van der Waals surface area contributed by atoms with E-state index in [0.717, 1.165) is 11.1 Å². The van der Waals surface area contributed by atoms with Crippen molar-refractivity contribution in [2.75, 3.05) is 18.1 Å². The van der Waals surface area contributed by atoms with Crippen molar-refractivity contribution in [1.29, 1.82) is 0 Å². The molecule has 2 aliphatic heterocycles. The van der Waals surface area contributed by atoms with E-state index in [4.69, 9.17) is 13.9 Å². The molecule has 1 fully saturated rings. The number of aryl methyl sites for hydroxylation is 3. The number of benzene rings is 2. The van der Waals surface area contributed by atoms with Crippen molar-refractivity contribution in [2.45, 2.75) is 26.8 Å². The molecule has 1 atom stereocenters. The van der Waals surface area contributed by atoms with E-state index in [2.05, 4.69) is 0 Å². The molecular weight excluding hydrogens is 422 g/mol. The van der Waals surface area contributed by atoms with E-state index in [1.165, 1.54) is 4.90 Å². The highest BCUT2D eigenvalue weighted by atomic mass is 16.6. The molecule has 0 spiro atoms. The minimum Gasteiger partial charge on any atom is -0.507 e. The fourth-order valence-corrected chi connectivity index (χ4v) is 4.19. The van der Waals surface area contributed by atoms with Crippen LogP contribution < -0.4 is 14.4 Å². The molecule has 1 saturated heterocycles. The van der Waals surface area contributed by atoms with Crippen molar-refractivity contribution >= 4 is 23.1 Å². The second-order valence-electron chi connectivity index (χ2n) is 8.24. The van der Waals surface area contributed by atoms with Gasteiger partial charge in [-0.2, -0.15) is 0 Å². The molecule has 0 radical (unpaired) electrons. The molecule has 1 unspecified atom stereocenters. The topological polar surface area (TPSA) is 89.2 Å². The normalized spacial score (nSPS) is 19.2. The number of Topliss-reactive ketones (excluding diaryl/α,β-unsaturated/α-hetero) is 1. The van der Waals surface area contributed by atoms with Gasteiger partial charge in [0.15, 0.2) is 11.5 Å². The Balaban J connectivity index is 1.69. The van der Waals surface area contributed by atoms with Gasteiger partial charge in [-0.1, -0.05) is 6.07 Å². The number of carbonyl (C=O) groups excluding carboxylic acids is 2. The lowest BCUT2D eigenvalue weighted by molar-refractivity contribution is -0.132. The number of aliphatic hydroxyl groups excluding tert-OH is 1. The average molecular weight is 445 g/mol. The highest BCUT2D eigenvalue weighted by molar-refractivity contribution is 6.51. The second kappa shape index (κ2) is 7.85. The standard InChI is InChI=1S/C26H23NO6/c1-14-4-7-18(12-15(14)2)27-23(20-8-5-16(3)33-20)22(25(29)26(27)30)24(28)17-6-9-19-21(13-17)32-11-10-31-19/h4-9,12-13,23,28H,10-11H2,1-3H3/b24-22-. The van der Waals surface area contributed by atoms with Crippen molar-refractivity contribution in [3.63, 3.8) is 0 Å². The summed E-state index contributed by atoms with van der Waals surface area (Å²) >= 11 is 0. The van der Waals surface area contributed by atoms with Gasteiger partial charge in [-0.25, -0.2) is 0 Å². The number of fused-ring (bicyclic) bond motifs is 1. The van der Waals surface area contributed by atoms with Crippen LogP contribution in [0.1, 0.15) is 34.3 Å². The molecule has 3 heterocycles. The van der Waals surface area contributed by atoms with E-state index in [1.54, 1.807) is 43.3 Å². The number of nitrogens with zero attached hydrogens (tertiary/aromatic N) is 1. The van der Waals surface area contributed by atoms with Crippen molar-refractivity contribution in [2.24, 2.45) is 0 Å². The number of anilines is 1. The summed E-state index contributed by atoms with van der Waals surface area (Å²) in [5.74, 6) is 0.261. The van der Waals surface area contributed by atoms with Gasteiger partial charge in [-0.15, -0.1) is 0 Å². The minimum atomic E-state index is -0.908. The number of hydrogen-bond acceptors (Lipinski definition) is 6. The van der Waals surface area contributed by atoms with Gasteiger partial charge in [0.2, 0.25) is 0 Å². The summed E-state index contributed by atoms with van der Waals surface area (Å²) in [4.78, 5) is 27.8. The SMILES string of the molecule is Cc1ccc(C2/C(=C(/O)c3ccc4c(c3)OCCO4)C(=O)C(=O)N2c2ccc(C)c(C)c2)o1. The molecule has 3 aromatic rings. The summed E-state index contributed by atoms with van der Waals surface area (Å²) < 4.78 is 17.0. The lowest BCUT2D eigenvalue weighted by Gasteiger charge is -2.24. The average Bonchev–Trinajstić information content (AvgIpc) is 3.35. The van der Waals surface area contributed by atoms with Crippen LogP contribution >= 0.6 is 0 Å². The monoisotopic (exact) mass is 445 g/mol. The molecule has 7 nitrogen and oxygen atoms in total. The van der Waals surface area contributed by atoms with Crippen LogP contribution in [-0.2, 0) is 9.59 Å². The van der Waals surface area contributed by atoms with Gasteiger partial charge in [0.1, 0.15) is 36.5 Å². The fourth-order valence-electron chi connectivity index (χ4n) is 4.19. The molecule has 0 saturated carbocycles. The van der Waals surface area contributed by atoms with E-state index in [1.807, 2.05) is 26.0 Å². The number of furan rings is 1. The van der Waals surface area contributed by atoms with Crippen LogP contribution in [0.4, 0.5) is 5.69 Å². The third kappa shape index (κ3) is 3.46. The Hall–Kier alpha value is -4.00. The highest BCUT2D eigenvalue weighted by Gasteiger charge is 2.48. The molecule has 168 valence electrons.